The van der Waals surface area contributed by atoms with Crippen LogP contribution in [0.1, 0.15) is 65.7 Å². The van der Waals surface area contributed by atoms with Gasteiger partial charge in [0.1, 0.15) is 0 Å². The predicted molar refractivity (Wildman–Crippen MR) is 86.8 cm³/mol. The first-order chi connectivity index (χ1) is 9.97. The van der Waals surface area contributed by atoms with E-state index in [0.717, 1.165) is 36.0 Å². The first-order valence-electron chi connectivity index (χ1n) is 9.30. The third-order valence-corrected chi connectivity index (χ3v) is 8.52. The topological polar surface area (TPSA) is 20.2 Å². The molecular formula is C20H32O. The van der Waals surface area contributed by atoms with Crippen molar-refractivity contribution in [1.82, 2.24) is 0 Å². The van der Waals surface area contributed by atoms with Gasteiger partial charge in [0, 0.05) is 0 Å². The number of aliphatic hydroxyl groups excluding tert-OH is 1. The lowest BCUT2D eigenvalue weighted by Gasteiger charge is -2.61. The highest BCUT2D eigenvalue weighted by Crippen LogP contribution is 2.66. The van der Waals surface area contributed by atoms with Crippen molar-refractivity contribution < 1.29 is 5.11 Å². The first-order valence-corrected chi connectivity index (χ1v) is 9.30. The van der Waals surface area contributed by atoms with Crippen molar-refractivity contribution in [3.8, 4) is 0 Å². The van der Waals surface area contributed by atoms with Crippen LogP contribution in [0.5, 0.6) is 0 Å². The molecule has 1 N–H and O–H groups in total. The van der Waals surface area contributed by atoms with E-state index >= 15 is 0 Å². The molecule has 1 nitrogen and oxygen atoms in total. The minimum Gasteiger partial charge on any atom is -0.393 e. The van der Waals surface area contributed by atoms with Crippen molar-refractivity contribution in [3.63, 3.8) is 0 Å². The van der Waals surface area contributed by atoms with E-state index in [-0.39, 0.29) is 11.5 Å². The Labute approximate surface area is 130 Å². The number of aliphatic hydroxyl groups is 1. The molecule has 0 saturated heterocycles. The third kappa shape index (κ3) is 1.79. The highest BCUT2D eigenvalue weighted by molar-refractivity contribution is 5.13. The second-order valence-electron chi connectivity index (χ2n) is 9.25. The molecule has 0 bridgehead atoms. The summed E-state index contributed by atoms with van der Waals surface area (Å²) in [5.74, 6) is 4.32. The molecule has 0 heterocycles. The summed E-state index contributed by atoms with van der Waals surface area (Å²) in [6, 6.07) is 0. The van der Waals surface area contributed by atoms with Crippen LogP contribution in [0, 0.1) is 40.4 Å². The highest BCUT2D eigenvalue weighted by atomic mass is 16.3. The van der Waals surface area contributed by atoms with Gasteiger partial charge < -0.3 is 5.11 Å². The molecule has 118 valence electrons. The van der Waals surface area contributed by atoms with Crippen molar-refractivity contribution in [1.29, 1.82) is 0 Å². The number of fused-ring (bicyclic) bond motifs is 5. The predicted octanol–water partition coefficient (Wildman–Crippen LogP) is 4.80. The Kier molecular flexibility index (Phi) is 3.13. The monoisotopic (exact) mass is 288 g/mol. The van der Waals surface area contributed by atoms with Crippen molar-refractivity contribution in [2.75, 3.05) is 0 Å². The zero-order valence-corrected chi connectivity index (χ0v) is 14.0. The van der Waals surface area contributed by atoms with E-state index in [4.69, 9.17) is 0 Å². The third-order valence-electron chi connectivity index (χ3n) is 8.52. The van der Waals surface area contributed by atoms with Crippen LogP contribution >= 0.6 is 0 Å². The maximum atomic E-state index is 10.5. The number of hydrogen-bond donors (Lipinski definition) is 1. The largest absolute Gasteiger partial charge is 0.393 e. The lowest BCUT2D eigenvalue weighted by Crippen LogP contribution is -2.55. The van der Waals surface area contributed by atoms with Gasteiger partial charge in [-0.1, -0.05) is 32.9 Å². The molecule has 0 aromatic carbocycles. The first kappa shape index (κ1) is 14.3. The Balaban J connectivity index is 1.71. The van der Waals surface area contributed by atoms with Crippen LogP contribution in [0.4, 0.5) is 0 Å². The molecule has 1 unspecified atom stereocenters. The Morgan fingerprint density at radius 3 is 2.57 bits per heavy atom. The zero-order valence-electron chi connectivity index (χ0n) is 14.0. The van der Waals surface area contributed by atoms with Gasteiger partial charge in [0.05, 0.1) is 6.10 Å². The lowest BCUT2D eigenvalue weighted by molar-refractivity contribution is -0.131. The Bertz CT molecular complexity index is 455. The Morgan fingerprint density at radius 2 is 1.76 bits per heavy atom. The van der Waals surface area contributed by atoms with Crippen LogP contribution in [0.15, 0.2) is 12.2 Å². The molecule has 0 radical (unpaired) electrons. The van der Waals surface area contributed by atoms with Gasteiger partial charge in [0.15, 0.2) is 0 Å². The molecule has 0 aromatic heterocycles. The Hall–Kier alpha value is -0.300. The van der Waals surface area contributed by atoms with Gasteiger partial charge in [-0.05, 0) is 85.4 Å². The summed E-state index contributed by atoms with van der Waals surface area (Å²) in [5.41, 5.74) is 0.768. The number of hydrogen-bond acceptors (Lipinski definition) is 1. The average Bonchev–Trinajstić information content (AvgIpc) is 2.76. The molecule has 21 heavy (non-hydrogen) atoms. The minimum atomic E-state index is -0.0348. The second kappa shape index (κ2) is 4.60. The van der Waals surface area contributed by atoms with Gasteiger partial charge in [-0.15, -0.1) is 0 Å². The van der Waals surface area contributed by atoms with Crippen LogP contribution in [-0.2, 0) is 0 Å². The van der Waals surface area contributed by atoms with Crippen molar-refractivity contribution >= 4 is 0 Å². The van der Waals surface area contributed by atoms with E-state index in [0.29, 0.717) is 5.41 Å². The maximum Gasteiger partial charge on any atom is 0.0596 e. The van der Waals surface area contributed by atoms with E-state index in [1.54, 1.807) is 0 Å². The van der Waals surface area contributed by atoms with Gasteiger partial charge in [-0.25, -0.2) is 0 Å². The zero-order chi connectivity index (χ0) is 14.8. The highest BCUT2D eigenvalue weighted by Gasteiger charge is 2.60. The van der Waals surface area contributed by atoms with Crippen LogP contribution in [0.2, 0.25) is 0 Å². The average molecular weight is 288 g/mol. The smallest absolute Gasteiger partial charge is 0.0596 e. The standard InChI is InChI=1S/C20H32O/c1-13-12-14-6-4-5-10-19(14,2)16-9-11-20(3)15(18(13)16)7-8-17(20)21/h4-5,13-18,21H,6-12H2,1-3H3/t13-,14?,15+,16+,17+,18+,19+,20+/m1/s1. The molecule has 0 spiro atoms. The van der Waals surface area contributed by atoms with Crippen LogP contribution in [-0.4, -0.2) is 11.2 Å². The molecule has 0 aliphatic heterocycles. The molecule has 0 aromatic rings. The van der Waals surface area contributed by atoms with Gasteiger partial charge in [0.2, 0.25) is 0 Å². The minimum absolute atomic E-state index is 0.0348. The van der Waals surface area contributed by atoms with E-state index < -0.39 is 0 Å². The quantitative estimate of drug-likeness (QED) is 0.635. The molecule has 3 saturated carbocycles. The fourth-order valence-corrected chi connectivity index (χ4v) is 7.19. The fourth-order valence-electron chi connectivity index (χ4n) is 7.19. The molecule has 4 aliphatic carbocycles. The van der Waals surface area contributed by atoms with Gasteiger partial charge in [-0.2, -0.15) is 0 Å². The van der Waals surface area contributed by atoms with Crippen molar-refractivity contribution in [2.45, 2.75) is 71.8 Å². The SMILES string of the molecule is C[C@@H]1CC2CC=CC[C@]2(C)[C@H]2CC[C@]3(C)[C@@H](O)CC[C@H]3[C@H]12. The molecule has 4 rings (SSSR count). The van der Waals surface area contributed by atoms with Gasteiger partial charge in [-0.3, -0.25) is 0 Å². The summed E-state index contributed by atoms with van der Waals surface area (Å²) in [7, 11) is 0. The fraction of sp³-hybridized carbons (Fsp3) is 0.900. The summed E-state index contributed by atoms with van der Waals surface area (Å²) < 4.78 is 0. The van der Waals surface area contributed by atoms with Crippen LogP contribution in [0.25, 0.3) is 0 Å². The molecule has 8 atom stereocenters. The molecule has 4 aliphatic rings. The van der Waals surface area contributed by atoms with E-state index in [1.165, 1.54) is 38.5 Å². The van der Waals surface area contributed by atoms with Gasteiger partial charge >= 0.3 is 0 Å². The summed E-state index contributed by atoms with van der Waals surface area (Å²) in [6.45, 7) is 7.51. The van der Waals surface area contributed by atoms with Crippen molar-refractivity contribution in [2.24, 2.45) is 40.4 Å². The van der Waals surface area contributed by atoms with Crippen molar-refractivity contribution in [3.05, 3.63) is 12.2 Å². The van der Waals surface area contributed by atoms with E-state index in [9.17, 15) is 5.11 Å². The van der Waals surface area contributed by atoms with E-state index in [2.05, 4.69) is 32.9 Å². The molecule has 0 amide bonds. The summed E-state index contributed by atoms with van der Waals surface area (Å²) in [6.07, 6.45) is 13.9. The Morgan fingerprint density at radius 1 is 1.00 bits per heavy atom. The summed E-state index contributed by atoms with van der Waals surface area (Å²) >= 11 is 0. The van der Waals surface area contributed by atoms with Crippen LogP contribution in [0.3, 0.4) is 0 Å². The van der Waals surface area contributed by atoms with Crippen LogP contribution < -0.4 is 0 Å². The second-order valence-corrected chi connectivity index (χ2v) is 9.25. The summed E-state index contributed by atoms with van der Waals surface area (Å²) in [4.78, 5) is 0. The lowest BCUT2D eigenvalue weighted by atomic mass is 9.44. The maximum absolute atomic E-state index is 10.5. The molecule has 1 heteroatoms. The number of allylic oxidation sites excluding steroid dienone is 2. The normalized spacial score (nSPS) is 59.2. The molecule has 3 fully saturated rings. The molecular weight excluding hydrogens is 256 g/mol. The van der Waals surface area contributed by atoms with E-state index in [1.807, 2.05) is 0 Å². The summed E-state index contributed by atoms with van der Waals surface area (Å²) in [5, 5.41) is 10.5. The van der Waals surface area contributed by atoms with Gasteiger partial charge in [0.25, 0.3) is 0 Å². The number of rotatable bonds is 0.